The Bertz CT molecular complexity index is 404. The molecule has 0 aliphatic carbocycles. The highest BCUT2D eigenvalue weighted by atomic mass is 28.2. The van der Waals surface area contributed by atoms with Gasteiger partial charge in [0.15, 0.2) is 0 Å². The van der Waals surface area contributed by atoms with Gasteiger partial charge >= 0.3 is 0 Å². The van der Waals surface area contributed by atoms with E-state index in [1.807, 2.05) is 0 Å². The molecule has 2 bridgehead atoms. The van der Waals surface area contributed by atoms with E-state index in [-0.39, 0.29) is 11.9 Å². The fourth-order valence-electron chi connectivity index (χ4n) is 1.09. The van der Waals surface area contributed by atoms with Crippen LogP contribution in [0.3, 0.4) is 0 Å². The highest BCUT2D eigenvalue weighted by molar-refractivity contribution is 6.53. The van der Waals surface area contributed by atoms with Crippen molar-refractivity contribution in [1.29, 1.82) is 0 Å². The molecule has 8 heteroatoms. The summed E-state index contributed by atoms with van der Waals surface area (Å²) in [6.07, 6.45) is 1.22. The predicted octanol–water partition coefficient (Wildman–Crippen LogP) is -1.60. The zero-order valence-electron chi connectivity index (χ0n) is 7.27. The second-order valence-electron chi connectivity index (χ2n) is 2.62. The Kier molecular flexibility index (Phi) is 1.89. The molecule has 0 radical (unpaired) electrons. The summed E-state index contributed by atoms with van der Waals surface area (Å²) < 4.78 is 1.46. The van der Waals surface area contributed by atoms with Crippen molar-refractivity contribution in [3.63, 3.8) is 0 Å². The molecule has 2 heterocycles. The first-order valence-electron chi connectivity index (χ1n) is 3.90. The van der Waals surface area contributed by atoms with Gasteiger partial charge in [0.05, 0.1) is 0 Å². The van der Waals surface area contributed by atoms with E-state index < -0.39 is 9.84 Å². The van der Waals surface area contributed by atoms with Gasteiger partial charge in [-0.15, -0.1) is 0 Å². The van der Waals surface area contributed by atoms with Crippen molar-refractivity contribution in [3.05, 3.63) is 12.7 Å². The fourth-order valence-corrected chi connectivity index (χ4v) is 2.11. The number of hydrogen-bond acceptors (Lipinski definition) is 6. The molecule has 1 amide bonds. The predicted molar refractivity (Wildman–Crippen MR) is 54.1 cm³/mol. The molecule has 0 saturated heterocycles. The molecule has 1 aliphatic heterocycles. The van der Waals surface area contributed by atoms with Crippen molar-refractivity contribution in [2.45, 2.75) is 0 Å². The molecule has 0 atom stereocenters. The summed E-state index contributed by atoms with van der Waals surface area (Å²) >= 11 is 0. The van der Waals surface area contributed by atoms with Gasteiger partial charge in [-0.05, 0) is 6.08 Å². The molecular weight excluding hydrogens is 200 g/mol. The minimum absolute atomic E-state index is 0.105. The van der Waals surface area contributed by atoms with Gasteiger partial charge in [0.1, 0.15) is 0 Å². The molecule has 0 saturated carbocycles. The summed E-state index contributed by atoms with van der Waals surface area (Å²) in [4.78, 5) is 26.0. The lowest BCUT2D eigenvalue weighted by molar-refractivity contribution is -0.113. The van der Waals surface area contributed by atoms with Gasteiger partial charge in [0.2, 0.25) is 33.6 Å². The van der Waals surface area contributed by atoms with Crippen molar-refractivity contribution in [2.24, 2.45) is 0 Å². The topological polar surface area (TPSA) is 97.0 Å². The van der Waals surface area contributed by atoms with Crippen LogP contribution in [0.15, 0.2) is 12.7 Å². The maximum Gasteiger partial charge on any atom is 0.245 e. The van der Waals surface area contributed by atoms with E-state index in [1.54, 1.807) is 0 Å². The zero-order valence-corrected chi connectivity index (χ0v) is 8.68. The summed E-state index contributed by atoms with van der Waals surface area (Å²) in [6.45, 7) is 3.40. The Morgan fingerprint density at radius 3 is 3.07 bits per heavy atom. The Morgan fingerprint density at radius 1 is 1.57 bits per heavy atom. The van der Waals surface area contributed by atoms with Gasteiger partial charge in [-0.25, -0.2) is 0 Å². The van der Waals surface area contributed by atoms with Crippen molar-refractivity contribution in [1.82, 2.24) is 15.0 Å². The van der Waals surface area contributed by atoms with Crippen LogP contribution < -0.4 is 15.3 Å². The van der Waals surface area contributed by atoms with Gasteiger partial charge in [-0.1, -0.05) is 6.58 Å². The molecule has 0 fully saturated rings. The quantitative estimate of drug-likeness (QED) is 0.426. The number of aromatic nitrogens is 3. The van der Waals surface area contributed by atoms with E-state index in [1.165, 1.54) is 10.6 Å². The first-order chi connectivity index (χ1) is 6.70. The molecule has 2 rings (SSSR count). The van der Waals surface area contributed by atoms with E-state index in [2.05, 4.69) is 26.5 Å². The van der Waals surface area contributed by atoms with Gasteiger partial charge < -0.3 is 10.7 Å². The summed E-state index contributed by atoms with van der Waals surface area (Å²) in [5.74, 6) is 0.628. The fraction of sp³-hybridized carbons (Fsp3) is 0. The van der Waals surface area contributed by atoms with Crippen molar-refractivity contribution < 1.29 is 4.79 Å². The maximum atomic E-state index is 11.3. The number of anilines is 3. The van der Waals surface area contributed by atoms with E-state index >= 15 is 0 Å². The number of nitrogens with zero attached hydrogens (tertiary/aromatic N) is 4. The van der Waals surface area contributed by atoms with Crippen molar-refractivity contribution in [3.8, 4) is 0 Å². The average Bonchev–Trinajstić information content (AvgIpc) is 2.16. The average molecular weight is 208 g/mol. The number of carbonyl (C=O) groups is 1. The lowest BCUT2D eigenvalue weighted by Gasteiger charge is -2.23. The minimum atomic E-state index is -0.975. The lowest BCUT2D eigenvalue weighted by Crippen LogP contribution is -2.42. The van der Waals surface area contributed by atoms with Crippen LogP contribution in [-0.4, -0.2) is 30.7 Å². The second kappa shape index (κ2) is 3.07. The molecule has 0 unspecified atom stereocenters. The number of nitrogens with two attached hydrogens (primary N) is 1. The third-order valence-electron chi connectivity index (χ3n) is 1.72. The summed E-state index contributed by atoms with van der Waals surface area (Å²) in [5.41, 5.74) is 5.42. The minimum Gasteiger partial charge on any atom is -0.368 e. The van der Waals surface area contributed by atoms with Crippen LogP contribution in [0.1, 0.15) is 0 Å². The molecule has 72 valence electrons. The Labute approximate surface area is 82.0 Å². The molecular formula is C6H8N6OSi. The van der Waals surface area contributed by atoms with Gasteiger partial charge in [0, 0.05) is 0 Å². The molecule has 14 heavy (non-hydrogen) atoms. The molecule has 0 aromatic carbocycles. The van der Waals surface area contributed by atoms with Crippen LogP contribution in [0.4, 0.5) is 17.8 Å². The van der Waals surface area contributed by atoms with Crippen molar-refractivity contribution >= 4 is 33.6 Å². The normalized spacial score (nSPS) is 15.0. The number of fused-ring (bicyclic) bond motifs is 2. The summed E-state index contributed by atoms with van der Waals surface area (Å²) in [6, 6.07) is 0. The monoisotopic (exact) mass is 208 g/mol. The van der Waals surface area contributed by atoms with Gasteiger partial charge in [-0.3, -0.25) is 9.36 Å². The number of amides is 1. The van der Waals surface area contributed by atoms with Crippen LogP contribution in [0.5, 0.6) is 0 Å². The van der Waals surface area contributed by atoms with Crippen molar-refractivity contribution in [2.75, 3.05) is 15.3 Å². The van der Waals surface area contributed by atoms with Crippen LogP contribution in [0.2, 0.25) is 0 Å². The molecule has 1 aromatic heterocycles. The number of nitrogens with one attached hydrogen (secondary N) is 1. The third kappa shape index (κ3) is 1.31. The van der Waals surface area contributed by atoms with E-state index in [4.69, 9.17) is 5.73 Å². The Morgan fingerprint density at radius 2 is 2.36 bits per heavy atom. The SMILES string of the molecule is C=CC(=O)N1[SiH2]Nc2nc(N)nc1n2. The van der Waals surface area contributed by atoms with Crippen LogP contribution in [0.25, 0.3) is 0 Å². The van der Waals surface area contributed by atoms with Gasteiger partial charge in [0.25, 0.3) is 0 Å². The Balaban J connectivity index is 2.42. The summed E-state index contributed by atoms with van der Waals surface area (Å²) in [5, 5.41) is 0. The zero-order chi connectivity index (χ0) is 10.1. The molecule has 1 aliphatic rings. The lowest BCUT2D eigenvalue weighted by atomic mass is 10.6. The molecule has 1 aromatic rings. The largest absolute Gasteiger partial charge is 0.368 e. The number of hydrogen-bond donors (Lipinski definition) is 2. The smallest absolute Gasteiger partial charge is 0.245 e. The Hall–Kier alpha value is -1.96. The van der Waals surface area contributed by atoms with Crippen LogP contribution in [-0.2, 0) is 4.79 Å². The van der Waals surface area contributed by atoms with Crippen LogP contribution >= 0.6 is 0 Å². The standard InChI is InChI=1S/C6H8N6OSi/c1-2-3(13)12-6-9-4(7)8-5(10-6)11-14-12/h2H,1,14H2,(H3,7,8,9,10,11). The molecule has 3 N–H and O–H groups in total. The highest BCUT2D eigenvalue weighted by Gasteiger charge is 2.22. The number of nitrogen functional groups attached to an aromatic ring is 1. The number of carbonyl (C=O) groups excluding carboxylic acids is 1. The number of rotatable bonds is 1. The molecule has 0 spiro atoms. The maximum absolute atomic E-state index is 11.3. The summed E-state index contributed by atoms with van der Waals surface area (Å²) in [7, 11) is -0.975. The van der Waals surface area contributed by atoms with Crippen LogP contribution in [0, 0.1) is 0 Å². The second-order valence-corrected chi connectivity index (χ2v) is 3.92. The van der Waals surface area contributed by atoms with E-state index in [0.717, 1.165) is 0 Å². The first-order valence-corrected chi connectivity index (χ1v) is 5.24. The van der Waals surface area contributed by atoms with Gasteiger partial charge in [-0.2, -0.15) is 15.0 Å². The third-order valence-corrected chi connectivity index (χ3v) is 3.10. The van der Waals surface area contributed by atoms with E-state index in [9.17, 15) is 4.79 Å². The van der Waals surface area contributed by atoms with E-state index in [0.29, 0.717) is 11.9 Å². The molecule has 7 nitrogen and oxygen atoms in total. The highest BCUT2D eigenvalue weighted by Crippen LogP contribution is 2.15. The first kappa shape index (κ1) is 8.63.